The number of aromatic nitrogens is 4. The lowest BCUT2D eigenvalue weighted by molar-refractivity contribution is -0.137. The van der Waals surface area contributed by atoms with Crippen molar-refractivity contribution in [1.29, 1.82) is 0 Å². The monoisotopic (exact) mass is 784 g/mol. The number of piperazine rings is 1. The second kappa shape index (κ2) is 18.9. The summed E-state index contributed by atoms with van der Waals surface area (Å²) in [5.74, 6) is -2.96. The predicted molar refractivity (Wildman–Crippen MR) is 199 cm³/mol. The van der Waals surface area contributed by atoms with Crippen LogP contribution < -0.4 is 10.6 Å². The van der Waals surface area contributed by atoms with E-state index in [1.807, 2.05) is 4.90 Å². The van der Waals surface area contributed by atoms with Gasteiger partial charge in [0.2, 0.25) is 5.91 Å². The van der Waals surface area contributed by atoms with E-state index in [1.165, 1.54) is 55.4 Å². The summed E-state index contributed by atoms with van der Waals surface area (Å²) in [4.78, 5) is 55.6. The van der Waals surface area contributed by atoms with E-state index in [1.54, 1.807) is 22.8 Å². The van der Waals surface area contributed by atoms with Crippen LogP contribution in [-0.4, -0.2) is 119 Å². The van der Waals surface area contributed by atoms with Gasteiger partial charge in [0.15, 0.2) is 17.5 Å². The van der Waals surface area contributed by atoms with Gasteiger partial charge in [-0.25, -0.2) is 13.8 Å². The molecule has 2 saturated heterocycles. The maximum Gasteiger partial charge on any atom is 0.291 e. The van der Waals surface area contributed by atoms with Crippen molar-refractivity contribution >= 4 is 41.5 Å². The lowest BCUT2D eigenvalue weighted by Gasteiger charge is -2.37. The van der Waals surface area contributed by atoms with Gasteiger partial charge in [-0.2, -0.15) is 5.10 Å². The molecular formula is C37H43ClF2N8O7. The molecule has 0 bridgehead atoms. The molecular weight excluding hydrogens is 742 g/mol. The molecule has 4 heterocycles. The number of hydrogen-bond donors (Lipinski definition) is 3. The fraction of sp³-hybridized carbons (Fsp3) is 0.405. The highest BCUT2D eigenvalue weighted by atomic mass is 35.5. The number of amides is 3. The number of nitrogens with one attached hydrogen (secondary N) is 2. The molecule has 3 N–H and O–H groups in total. The highest BCUT2D eigenvalue weighted by Gasteiger charge is 2.31. The zero-order valence-electron chi connectivity index (χ0n) is 30.7. The molecule has 0 radical (unpaired) electrons. The van der Waals surface area contributed by atoms with Crippen LogP contribution in [0.2, 0.25) is 5.02 Å². The largest absolute Gasteiger partial charge is 0.483 e. The predicted octanol–water partition coefficient (Wildman–Crippen LogP) is 3.91. The van der Waals surface area contributed by atoms with Crippen LogP contribution in [0.4, 0.5) is 14.5 Å². The van der Waals surface area contributed by atoms with Crippen molar-refractivity contribution in [2.24, 2.45) is 13.0 Å². The summed E-state index contributed by atoms with van der Waals surface area (Å²) < 4.78 is 44.7. The number of carbonyl (C=O) groups excluding carboxylic acids is 3. The fourth-order valence-corrected chi connectivity index (χ4v) is 6.96. The maximum atomic E-state index is 15.7. The van der Waals surface area contributed by atoms with Crippen molar-refractivity contribution in [2.75, 3.05) is 65.4 Å². The lowest BCUT2D eigenvalue weighted by atomic mass is 9.96. The molecule has 0 saturated carbocycles. The standard InChI is InChI=1S/C36H41ClF2N8O5.CH2O2/c1-44-29(26-7-6-24(31(38)32(26)39)27-19-42-47(16-17-51-2)30(27)21-52-3)20-41-33(44)34(48)43-23-4-5-25(28(37)18-23)36(50)46-14-12-45(13-15-46)35(49)22-8-10-40-11-9-22;2-1-3/h4-7,18-20,22,40H,8-17,21H2,1-3H3,(H,43,48);1H,(H,2,3). The van der Waals surface area contributed by atoms with Gasteiger partial charge < -0.3 is 39.6 Å². The molecule has 0 unspecified atom stereocenters. The van der Waals surface area contributed by atoms with Crippen LogP contribution >= 0.6 is 11.6 Å². The van der Waals surface area contributed by atoms with E-state index in [2.05, 4.69) is 20.7 Å². The number of hydrogen-bond acceptors (Lipinski definition) is 9. The Kier molecular flexibility index (Phi) is 14.1. The van der Waals surface area contributed by atoms with Gasteiger partial charge in [-0.3, -0.25) is 23.9 Å². The van der Waals surface area contributed by atoms with Crippen LogP contribution in [0, 0.1) is 17.6 Å². The van der Waals surface area contributed by atoms with E-state index >= 15 is 8.78 Å². The Labute approximate surface area is 321 Å². The number of halogens is 3. The van der Waals surface area contributed by atoms with Crippen molar-refractivity contribution < 1.29 is 42.5 Å². The quantitative estimate of drug-likeness (QED) is 0.189. The molecule has 6 rings (SSSR count). The van der Waals surface area contributed by atoms with Crippen LogP contribution in [0.5, 0.6) is 0 Å². The van der Waals surface area contributed by atoms with E-state index in [0.29, 0.717) is 56.3 Å². The minimum atomic E-state index is -1.11. The van der Waals surface area contributed by atoms with Crippen molar-refractivity contribution in [1.82, 2.24) is 34.4 Å². The van der Waals surface area contributed by atoms with Gasteiger partial charge in [0.1, 0.15) is 0 Å². The summed E-state index contributed by atoms with van der Waals surface area (Å²) in [6.07, 6.45) is 4.40. The van der Waals surface area contributed by atoms with Gasteiger partial charge in [0.25, 0.3) is 18.3 Å². The Balaban J connectivity index is 0.00000187. The van der Waals surface area contributed by atoms with Crippen LogP contribution in [0.15, 0.2) is 42.7 Å². The number of ether oxygens (including phenoxy) is 2. The molecule has 18 heteroatoms. The third-order valence-electron chi connectivity index (χ3n) is 9.60. The van der Waals surface area contributed by atoms with Crippen molar-refractivity contribution in [2.45, 2.75) is 26.0 Å². The van der Waals surface area contributed by atoms with Gasteiger partial charge in [0, 0.05) is 75.7 Å². The van der Waals surface area contributed by atoms with Crippen LogP contribution in [0.1, 0.15) is 39.5 Å². The summed E-state index contributed by atoms with van der Waals surface area (Å²) in [6, 6.07) is 7.45. The number of carboxylic acid groups (broad SMARTS) is 1. The Morgan fingerprint density at radius 1 is 0.982 bits per heavy atom. The molecule has 0 spiro atoms. The van der Waals surface area contributed by atoms with Crippen LogP contribution in [0.25, 0.3) is 22.4 Å². The molecule has 2 aromatic carbocycles. The first-order valence-electron chi connectivity index (χ1n) is 17.5. The number of anilines is 1. The molecule has 3 amide bonds. The minimum Gasteiger partial charge on any atom is -0.483 e. The number of carbonyl (C=O) groups is 4. The summed E-state index contributed by atoms with van der Waals surface area (Å²) in [5.41, 5.74) is 1.65. The average Bonchev–Trinajstić information content (AvgIpc) is 3.78. The Morgan fingerprint density at radius 2 is 1.64 bits per heavy atom. The first-order chi connectivity index (χ1) is 26.5. The number of imidazole rings is 1. The number of benzene rings is 2. The van der Waals surface area contributed by atoms with E-state index in [0.717, 1.165) is 25.9 Å². The van der Waals surface area contributed by atoms with Gasteiger partial charge >= 0.3 is 0 Å². The summed E-state index contributed by atoms with van der Waals surface area (Å²) in [7, 11) is 4.58. The summed E-state index contributed by atoms with van der Waals surface area (Å²) in [6.45, 7) is 4.06. The number of piperidine rings is 1. The van der Waals surface area contributed by atoms with Gasteiger partial charge in [0.05, 0.1) is 54.1 Å². The van der Waals surface area contributed by atoms with Crippen LogP contribution in [-0.2, 0) is 39.3 Å². The molecule has 4 aromatic rings. The van der Waals surface area contributed by atoms with Gasteiger partial charge in [-0.15, -0.1) is 0 Å². The first-order valence-corrected chi connectivity index (χ1v) is 17.9. The third-order valence-corrected chi connectivity index (χ3v) is 9.91. The highest BCUT2D eigenvalue weighted by molar-refractivity contribution is 6.34. The zero-order chi connectivity index (χ0) is 39.6. The molecule has 294 valence electrons. The van der Waals surface area contributed by atoms with Crippen molar-refractivity contribution in [3.05, 3.63) is 76.5 Å². The molecule has 55 heavy (non-hydrogen) atoms. The summed E-state index contributed by atoms with van der Waals surface area (Å²) in [5, 5.41) is 17.3. The Morgan fingerprint density at radius 3 is 2.29 bits per heavy atom. The fourth-order valence-electron chi connectivity index (χ4n) is 6.70. The van der Waals surface area contributed by atoms with E-state index < -0.39 is 17.5 Å². The number of rotatable bonds is 11. The zero-order valence-corrected chi connectivity index (χ0v) is 31.4. The third kappa shape index (κ3) is 9.19. The molecule has 15 nitrogen and oxygen atoms in total. The number of nitrogens with zero attached hydrogens (tertiary/aromatic N) is 6. The van der Waals surface area contributed by atoms with Crippen LogP contribution in [0.3, 0.4) is 0 Å². The van der Waals surface area contributed by atoms with E-state index in [-0.39, 0.29) is 64.0 Å². The van der Waals surface area contributed by atoms with Gasteiger partial charge in [-0.1, -0.05) is 17.7 Å². The normalized spacial score (nSPS) is 14.7. The van der Waals surface area contributed by atoms with Crippen molar-refractivity contribution in [3.63, 3.8) is 0 Å². The Bertz CT molecular complexity index is 2010. The topological polar surface area (TPSA) is 173 Å². The molecule has 0 atom stereocenters. The number of methoxy groups -OCH3 is 2. The molecule has 2 aliphatic heterocycles. The van der Waals surface area contributed by atoms with Crippen molar-refractivity contribution in [3.8, 4) is 22.4 Å². The smallest absolute Gasteiger partial charge is 0.291 e. The van der Waals surface area contributed by atoms with E-state index in [9.17, 15) is 14.4 Å². The molecule has 2 aliphatic rings. The average molecular weight is 785 g/mol. The second-order valence-corrected chi connectivity index (χ2v) is 13.3. The molecule has 2 fully saturated rings. The Hall–Kier alpha value is -5.23. The SMILES string of the molecule is COCCn1ncc(-c2ccc(-c3cnc(C(=O)Nc4ccc(C(=O)N5CCN(C(=O)C6CCNCC6)CC5)c(Cl)c4)n3C)c(F)c2F)c1COC.O=CO. The lowest BCUT2D eigenvalue weighted by Crippen LogP contribution is -2.52. The second-order valence-electron chi connectivity index (χ2n) is 12.9. The molecule has 2 aromatic heterocycles. The molecule has 0 aliphatic carbocycles. The van der Waals surface area contributed by atoms with Gasteiger partial charge in [-0.05, 0) is 50.2 Å². The highest BCUT2D eigenvalue weighted by Crippen LogP contribution is 2.34. The maximum absolute atomic E-state index is 15.7. The first kappa shape index (κ1) is 40.9. The minimum absolute atomic E-state index is 0.0147. The summed E-state index contributed by atoms with van der Waals surface area (Å²) >= 11 is 6.52. The van der Waals surface area contributed by atoms with E-state index in [4.69, 9.17) is 31.0 Å².